The molecule has 0 saturated heterocycles. The first-order valence-electron chi connectivity index (χ1n) is 8.69. The molecule has 1 amide bonds. The molecule has 0 spiro atoms. The minimum atomic E-state index is -1.02. The number of para-hydroxylation sites is 1. The Morgan fingerprint density at radius 1 is 1.27 bits per heavy atom. The van der Waals surface area contributed by atoms with Crippen LogP contribution in [0.5, 0.6) is 5.88 Å². The van der Waals surface area contributed by atoms with E-state index in [1.807, 2.05) is 0 Å². The van der Waals surface area contributed by atoms with Gasteiger partial charge in [0.25, 0.3) is 5.69 Å². The Kier molecular flexibility index (Phi) is 5.27. The molecular weight excluding hydrogens is 430 g/mol. The number of halogens is 1. The fraction of sp³-hybridized carbons (Fsp3) is 0.158. The van der Waals surface area contributed by atoms with E-state index in [0.29, 0.717) is 27.7 Å². The summed E-state index contributed by atoms with van der Waals surface area (Å²) in [5.74, 6) is -0.149. The molecule has 1 aliphatic rings. The highest BCUT2D eigenvalue weighted by atomic mass is 35.5. The van der Waals surface area contributed by atoms with E-state index in [1.54, 1.807) is 36.6 Å². The van der Waals surface area contributed by atoms with E-state index in [1.165, 1.54) is 35.7 Å². The average Bonchev–Trinajstić information content (AvgIpc) is 2.88. The number of fused-ring (bicyclic) bond motifs is 3. The number of aromatic nitrogens is 3. The fourth-order valence-electron chi connectivity index (χ4n) is 3.18. The molecule has 9 nitrogen and oxygen atoms in total. The molecule has 0 N–H and O–H groups in total. The van der Waals surface area contributed by atoms with Crippen molar-refractivity contribution in [1.29, 1.82) is 0 Å². The highest BCUT2D eigenvalue weighted by Crippen LogP contribution is 2.44. The molecular formula is C19H14ClN5O4S. The SMILES string of the molecule is CSc1nnc2c(n1)OC(c1ccc(Cl)c([N+](=O)[O-])c1)N(C(C)=O)c1ccccc1-2. The molecule has 2 aromatic carbocycles. The number of hydrogen-bond acceptors (Lipinski definition) is 8. The Morgan fingerprint density at radius 3 is 2.73 bits per heavy atom. The monoisotopic (exact) mass is 443 g/mol. The lowest BCUT2D eigenvalue weighted by molar-refractivity contribution is -0.384. The maximum atomic E-state index is 12.7. The fourth-order valence-corrected chi connectivity index (χ4v) is 3.66. The standard InChI is InChI=1S/C19H14ClN5O4S/c1-10(26)24-14-6-4-3-5-12(14)16-17(21-19(30-2)23-22-16)29-18(24)11-7-8-13(20)15(9-11)25(27)28/h3-9,18H,1-2H3. The lowest BCUT2D eigenvalue weighted by atomic mass is 10.1. The molecule has 2 heterocycles. The molecule has 11 heteroatoms. The zero-order valence-electron chi connectivity index (χ0n) is 15.8. The summed E-state index contributed by atoms with van der Waals surface area (Å²) in [4.78, 5) is 29.3. The summed E-state index contributed by atoms with van der Waals surface area (Å²) < 4.78 is 6.13. The molecule has 1 atom stereocenters. The Hall–Kier alpha value is -3.24. The molecule has 1 aromatic heterocycles. The summed E-state index contributed by atoms with van der Waals surface area (Å²) in [6.45, 7) is 1.39. The molecule has 4 rings (SSSR count). The quantitative estimate of drug-likeness (QED) is 0.335. The number of nitrogens with zero attached hydrogens (tertiary/aromatic N) is 5. The van der Waals surface area contributed by atoms with Crippen molar-refractivity contribution < 1.29 is 14.5 Å². The van der Waals surface area contributed by atoms with E-state index in [-0.39, 0.29) is 22.5 Å². The molecule has 152 valence electrons. The van der Waals surface area contributed by atoms with Gasteiger partial charge in [-0.2, -0.15) is 4.98 Å². The smallest absolute Gasteiger partial charge is 0.288 e. The Morgan fingerprint density at radius 2 is 2.03 bits per heavy atom. The molecule has 3 aromatic rings. The van der Waals surface area contributed by atoms with E-state index in [4.69, 9.17) is 16.3 Å². The number of benzene rings is 2. The number of thioether (sulfide) groups is 1. The second-order valence-electron chi connectivity index (χ2n) is 6.30. The number of amides is 1. The Labute approximate surface area is 180 Å². The van der Waals surface area contributed by atoms with E-state index in [9.17, 15) is 14.9 Å². The van der Waals surface area contributed by atoms with Crippen LogP contribution in [0.4, 0.5) is 11.4 Å². The van der Waals surface area contributed by atoms with Crippen LogP contribution < -0.4 is 9.64 Å². The maximum Gasteiger partial charge on any atom is 0.288 e. The number of nitro benzene ring substituents is 1. The minimum Gasteiger partial charge on any atom is -0.447 e. The van der Waals surface area contributed by atoms with Gasteiger partial charge in [-0.05, 0) is 18.4 Å². The van der Waals surface area contributed by atoms with Gasteiger partial charge >= 0.3 is 0 Å². The first-order chi connectivity index (χ1) is 14.4. The van der Waals surface area contributed by atoms with Crippen LogP contribution in [0.15, 0.2) is 47.6 Å². The highest BCUT2D eigenvalue weighted by Gasteiger charge is 2.35. The van der Waals surface area contributed by atoms with E-state index in [0.717, 1.165) is 0 Å². The zero-order chi connectivity index (χ0) is 21.4. The van der Waals surface area contributed by atoms with Crippen molar-refractivity contribution in [2.45, 2.75) is 18.3 Å². The van der Waals surface area contributed by atoms with Crippen LogP contribution in [-0.2, 0) is 4.79 Å². The average molecular weight is 444 g/mol. The van der Waals surface area contributed by atoms with Gasteiger partial charge in [-0.25, -0.2) is 0 Å². The topological polar surface area (TPSA) is 111 Å². The Balaban J connectivity index is 1.97. The second-order valence-corrected chi connectivity index (χ2v) is 7.48. The van der Waals surface area contributed by atoms with Crippen LogP contribution in [0.3, 0.4) is 0 Å². The first kappa shape index (κ1) is 20.0. The Bertz CT molecular complexity index is 1180. The van der Waals surface area contributed by atoms with E-state index >= 15 is 0 Å². The number of carbonyl (C=O) groups is 1. The van der Waals surface area contributed by atoms with Gasteiger partial charge in [0, 0.05) is 24.1 Å². The summed E-state index contributed by atoms with van der Waals surface area (Å²) in [7, 11) is 0. The van der Waals surface area contributed by atoms with E-state index < -0.39 is 11.2 Å². The maximum absolute atomic E-state index is 12.7. The molecule has 0 saturated carbocycles. The van der Waals surface area contributed by atoms with Gasteiger partial charge in [-0.1, -0.05) is 47.6 Å². The van der Waals surface area contributed by atoms with Crippen molar-refractivity contribution in [1.82, 2.24) is 15.2 Å². The van der Waals surface area contributed by atoms with Crippen molar-refractivity contribution in [3.63, 3.8) is 0 Å². The van der Waals surface area contributed by atoms with Crippen molar-refractivity contribution in [3.05, 3.63) is 63.2 Å². The third-order valence-electron chi connectivity index (χ3n) is 4.49. The number of ether oxygens (including phenoxy) is 1. The van der Waals surface area contributed by atoms with Gasteiger partial charge in [0.05, 0.1) is 10.6 Å². The lowest BCUT2D eigenvalue weighted by Crippen LogP contribution is -2.36. The van der Waals surface area contributed by atoms with E-state index in [2.05, 4.69) is 15.2 Å². The number of rotatable bonds is 3. The molecule has 0 fully saturated rings. The van der Waals surface area contributed by atoms with Gasteiger partial charge in [-0.3, -0.25) is 19.8 Å². The molecule has 0 radical (unpaired) electrons. The van der Waals surface area contributed by atoms with Crippen LogP contribution in [0.2, 0.25) is 5.02 Å². The first-order valence-corrected chi connectivity index (χ1v) is 10.3. The summed E-state index contributed by atoms with van der Waals surface area (Å²) in [6.07, 6.45) is 0.781. The number of carbonyl (C=O) groups excluding carboxylic acids is 1. The van der Waals surface area contributed by atoms with Gasteiger partial charge in [0.1, 0.15) is 5.02 Å². The molecule has 30 heavy (non-hydrogen) atoms. The predicted octanol–water partition coefficient (Wildman–Crippen LogP) is 4.27. The third-order valence-corrected chi connectivity index (χ3v) is 5.34. The summed E-state index contributed by atoms with van der Waals surface area (Å²) in [5.41, 5.74) is 1.60. The van der Waals surface area contributed by atoms with Gasteiger partial charge in [-0.15, -0.1) is 10.2 Å². The van der Waals surface area contributed by atoms with Crippen LogP contribution in [0, 0.1) is 10.1 Å². The van der Waals surface area contributed by atoms with Gasteiger partial charge in [0.15, 0.2) is 5.69 Å². The number of anilines is 1. The molecule has 1 aliphatic heterocycles. The molecule has 1 unspecified atom stereocenters. The number of nitro groups is 1. The minimum absolute atomic E-state index is 0.0128. The van der Waals surface area contributed by atoms with Crippen molar-refractivity contribution in [2.75, 3.05) is 11.2 Å². The molecule has 0 aliphatic carbocycles. The molecule has 0 bridgehead atoms. The zero-order valence-corrected chi connectivity index (χ0v) is 17.3. The van der Waals surface area contributed by atoms with Gasteiger partial charge < -0.3 is 4.74 Å². The van der Waals surface area contributed by atoms with Crippen LogP contribution >= 0.6 is 23.4 Å². The van der Waals surface area contributed by atoms with Crippen molar-refractivity contribution in [3.8, 4) is 17.1 Å². The normalized spacial score (nSPS) is 14.9. The second kappa shape index (κ2) is 7.88. The van der Waals surface area contributed by atoms with Gasteiger partial charge in [0.2, 0.25) is 23.2 Å². The number of hydrogen-bond donors (Lipinski definition) is 0. The van der Waals surface area contributed by atoms with Crippen molar-refractivity contribution in [2.24, 2.45) is 0 Å². The summed E-state index contributed by atoms with van der Waals surface area (Å²) in [5, 5.41) is 20.1. The largest absolute Gasteiger partial charge is 0.447 e. The van der Waals surface area contributed by atoms with Crippen LogP contribution in [0.25, 0.3) is 11.3 Å². The third kappa shape index (κ3) is 3.44. The van der Waals surface area contributed by atoms with Crippen LogP contribution in [0.1, 0.15) is 18.7 Å². The summed E-state index contributed by atoms with van der Waals surface area (Å²) in [6, 6.07) is 11.4. The highest BCUT2D eigenvalue weighted by molar-refractivity contribution is 7.98. The van der Waals surface area contributed by atoms with Crippen molar-refractivity contribution >= 4 is 40.6 Å². The van der Waals surface area contributed by atoms with Crippen LogP contribution in [-0.4, -0.2) is 32.3 Å². The lowest BCUT2D eigenvalue weighted by Gasteiger charge is -2.29. The predicted molar refractivity (Wildman–Crippen MR) is 112 cm³/mol. The summed E-state index contributed by atoms with van der Waals surface area (Å²) >= 11 is 7.26.